The van der Waals surface area contributed by atoms with E-state index in [4.69, 9.17) is 14.3 Å². The minimum Gasteiger partial charge on any atom is -0.399 e. The number of alkyl halides is 2. The first kappa shape index (κ1) is 29.5. The van der Waals surface area contributed by atoms with Crippen LogP contribution < -0.4 is 10.8 Å². The van der Waals surface area contributed by atoms with Crippen molar-refractivity contribution < 1.29 is 22.9 Å². The Morgan fingerprint density at radius 2 is 1.70 bits per heavy atom. The van der Waals surface area contributed by atoms with Crippen LogP contribution in [0.4, 0.5) is 8.78 Å². The maximum atomic E-state index is 16.1. The largest absolute Gasteiger partial charge is 0.494 e. The van der Waals surface area contributed by atoms with Gasteiger partial charge in [-0.15, -0.1) is 0 Å². The summed E-state index contributed by atoms with van der Waals surface area (Å²) in [7, 11) is -0.721. The number of carbonyl (C=O) groups is 1. The molecule has 1 amide bonds. The Kier molecular flexibility index (Phi) is 6.61. The van der Waals surface area contributed by atoms with E-state index in [0.29, 0.717) is 46.2 Å². The number of nitrogens with zero attached hydrogens (tertiary/aromatic N) is 2. The Labute approximate surface area is 267 Å². The zero-order valence-electron chi connectivity index (χ0n) is 26.4. The third-order valence-electron chi connectivity index (χ3n) is 11.2. The molecule has 2 aromatic heterocycles. The van der Waals surface area contributed by atoms with Crippen LogP contribution in [0.1, 0.15) is 75.4 Å². The minimum absolute atomic E-state index is 0.0325. The van der Waals surface area contributed by atoms with Crippen LogP contribution in [0.15, 0.2) is 67.1 Å². The third kappa shape index (κ3) is 4.55. The van der Waals surface area contributed by atoms with Crippen molar-refractivity contribution in [2.45, 2.75) is 76.5 Å². The first-order chi connectivity index (χ1) is 21.9. The first-order valence-electron chi connectivity index (χ1n) is 16.2. The lowest BCUT2D eigenvalue weighted by atomic mass is 9.77. The number of fused-ring (bicyclic) bond motifs is 5. The number of nitrogens with one attached hydrogen (secondary N) is 2. The molecule has 10 heteroatoms. The Morgan fingerprint density at radius 3 is 2.43 bits per heavy atom. The molecule has 2 saturated carbocycles. The van der Waals surface area contributed by atoms with Crippen LogP contribution in [0, 0.1) is 17.8 Å². The molecular formula is C36H37BF2N4O3. The molecule has 4 aliphatic rings. The van der Waals surface area contributed by atoms with Crippen LogP contribution >= 0.6 is 0 Å². The molecule has 8 rings (SSSR count). The number of aromatic nitrogens is 3. The van der Waals surface area contributed by atoms with E-state index in [1.54, 1.807) is 36.8 Å². The van der Waals surface area contributed by atoms with Gasteiger partial charge in [-0.25, -0.2) is 4.98 Å². The zero-order chi connectivity index (χ0) is 32.0. The summed E-state index contributed by atoms with van der Waals surface area (Å²) in [6, 6.07) is 14.1. The Bertz CT molecular complexity index is 1830. The van der Waals surface area contributed by atoms with Gasteiger partial charge < -0.3 is 19.6 Å². The number of carbonyl (C=O) groups excluding carboxylic acids is 1. The van der Waals surface area contributed by atoms with E-state index < -0.39 is 24.2 Å². The SMILES string of the molecule is CC1(C)OB(c2ccc3c(c2)C(F)(F)c2cc(-c4cnc([C@@H]5C6CCC(C6)C5C(=O)NCc5cccnc5)[nH]4)ccc2-3)OC1(C)C. The number of halogens is 2. The number of hydrogen-bond acceptors (Lipinski definition) is 5. The van der Waals surface area contributed by atoms with Gasteiger partial charge in [0.1, 0.15) is 5.82 Å². The normalized spacial score (nSPS) is 26.3. The molecule has 1 saturated heterocycles. The predicted molar refractivity (Wildman–Crippen MR) is 171 cm³/mol. The van der Waals surface area contributed by atoms with Crippen molar-refractivity contribution in [1.82, 2.24) is 20.3 Å². The number of benzene rings is 2. The smallest absolute Gasteiger partial charge is 0.399 e. The maximum absolute atomic E-state index is 16.1. The first-order valence-corrected chi connectivity index (χ1v) is 16.2. The van der Waals surface area contributed by atoms with Crippen molar-refractivity contribution in [1.29, 1.82) is 0 Å². The van der Waals surface area contributed by atoms with E-state index in [9.17, 15) is 4.79 Å². The summed E-state index contributed by atoms with van der Waals surface area (Å²) in [6.45, 7) is 8.22. The van der Waals surface area contributed by atoms with Crippen LogP contribution in [0.25, 0.3) is 22.4 Å². The molecule has 0 radical (unpaired) electrons. The van der Waals surface area contributed by atoms with Crippen LogP contribution in [0.5, 0.6) is 0 Å². The van der Waals surface area contributed by atoms with Crippen LogP contribution in [-0.4, -0.2) is 39.2 Å². The summed E-state index contributed by atoms with van der Waals surface area (Å²) in [4.78, 5) is 25.8. The number of hydrogen-bond donors (Lipinski definition) is 2. The lowest BCUT2D eigenvalue weighted by molar-refractivity contribution is -0.127. The highest BCUT2D eigenvalue weighted by molar-refractivity contribution is 6.62. The molecule has 1 aliphatic heterocycles. The predicted octanol–water partition coefficient (Wildman–Crippen LogP) is 6.34. The van der Waals surface area contributed by atoms with Gasteiger partial charge in [0.15, 0.2) is 0 Å². The second-order valence-electron chi connectivity index (χ2n) is 14.4. The van der Waals surface area contributed by atoms with Gasteiger partial charge in [0, 0.05) is 41.5 Å². The quantitative estimate of drug-likeness (QED) is 0.245. The van der Waals surface area contributed by atoms with E-state index in [-0.39, 0.29) is 28.9 Å². The molecule has 3 aliphatic carbocycles. The van der Waals surface area contributed by atoms with Crippen LogP contribution in [-0.2, 0) is 26.6 Å². The molecule has 2 aromatic carbocycles. The van der Waals surface area contributed by atoms with Gasteiger partial charge in [0.2, 0.25) is 5.91 Å². The molecule has 0 spiro atoms. The third-order valence-corrected chi connectivity index (χ3v) is 11.2. The van der Waals surface area contributed by atoms with Crippen molar-refractivity contribution in [2.24, 2.45) is 17.8 Å². The minimum atomic E-state index is -3.19. The molecule has 4 atom stereocenters. The number of rotatable bonds is 6. The van der Waals surface area contributed by atoms with Gasteiger partial charge in [0.05, 0.1) is 29.0 Å². The number of H-pyrrole nitrogens is 1. The summed E-state index contributed by atoms with van der Waals surface area (Å²) < 4.78 is 44.5. The molecular weight excluding hydrogens is 585 g/mol. The number of imidazole rings is 1. The fraction of sp³-hybridized carbons (Fsp3) is 0.417. The lowest BCUT2D eigenvalue weighted by Crippen LogP contribution is -2.41. The van der Waals surface area contributed by atoms with Gasteiger partial charge in [0.25, 0.3) is 5.92 Å². The topological polar surface area (TPSA) is 89.1 Å². The van der Waals surface area contributed by atoms with Crippen LogP contribution in [0.3, 0.4) is 0 Å². The molecule has 46 heavy (non-hydrogen) atoms. The Hall–Kier alpha value is -3.89. The van der Waals surface area contributed by atoms with Crippen molar-refractivity contribution in [3.63, 3.8) is 0 Å². The van der Waals surface area contributed by atoms with E-state index >= 15 is 8.78 Å². The second-order valence-corrected chi connectivity index (χ2v) is 14.4. The van der Waals surface area contributed by atoms with E-state index in [1.165, 1.54) is 6.07 Å². The van der Waals surface area contributed by atoms with Crippen molar-refractivity contribution in [3.05, 3.63) is 89.6 Å². The van der Waals surface area contributed by atoms with Gasteiger partial charge >= 0.3 is 7.12 Å². The summed E-state index contributed by atoms with van der Waals surface area (Å²) in [5, 5.41) is 3.12. The lowest BCUT2D eigenvalue weighted by Gasteiger charge is -2.32. The monoisotopic (exact) mass is 622 g/mol. The van der Waals surface area contributed by atoms with E-state index in [2.05, 4.69) is 15.3 Å². The van der Waals surface area contributed by atoms with Gasteiger partial charge in [-0.05, 0) is 93.1 Å². The fourth-order valence-electron chi connectivity index (χ4n) is 8.06. The highest BCUT2D eigenvalue weighted by Crippen LogP contribution is 2.56. The summed E-state index contributed by atoms with van der Waals surface area (Å²) in [5.74, 6) is -1.92. The average molecular weight is 623 g/mol. The molecule has 2 N–H and O–H groups in total. The molecule has 3 unspecified atom stereocenters. The van der Waals surface area contributed by atoms with Crippen molar-refractivity contribution in [3.8, 4) is 22.4 Å². The number of pyridine rings is 1. The molecule has 2 bridgehead atoms. The van der Waals surface area contributed by atoms with Gasteiger partial charge in [-0.1, -0.05) is 36.4 Å². The molecule has 7 nitrogen and oxygen atoms in total. The highest BCUT2D eigenvalue weighted by Gasteiger charge is 2.54. The fourth-order valence-corrected chi connectivity index (χ4v) is 8.06. The maximum Gasteiger partial charge on any atom is 0.494 e. The Balaban J connectivity index is 1.05. The molecule has 236 valence electrons. The summed E-state index contributed by atoms with van der Waals surface area (Å²) >= 11 is 0. The Morgan fingerprint density at radius 1 is 0.978 bits per heavy atom. The van der Waals surface area contributed by atoms with Crippen molar-refractivity contribution in [2.75, 3.05) is 0 Å². The molecule has 3 heterocycles. The standard InChI is InChI=1S/C36H37BF2N4O3/c1-34(2)35(3,4)46-37(45-34)24-10-12-26-25-11-9-21(15-27(25)36(38,39)28(26)16-24)29-19-41-32(43-29)30-22-7-8-23(14-22)31(30)33(44)42-18-20-6-5-13-40-17-20/h5-6,9-13,15-17,19,22-23,30-31H,7-8,14,18H2,1-4H3,(H,41,43)(H,42,44)/t22?,23?,30-,31?/m1/s1. The van der Waals surface area contributed by atoms with Gasteiger partial charge in [-0.2, -0.15) is 8.78 Å². The van der Waals surface area contributed by atoms with E-state index in [1.807, 2.05) is 52.0 Å². The zero-order valence-corrected chi connectivity index (χ0v) is 26.4. The molecule has 4 aromatic rings. The number of aromatic amines is 1. The van der Waals surface area contributed by atoms with Gasteiger partial charge in [-0.3, -0.25) is 9.78 Å². The average Bonchev–Trinajstić information content (AvgIpc) is 3.85. The second kappa shape index (κ2) is 10.3. The molecule has 3 fully saturated rings. The number of amides is 1. The van der Waals surface area contributed by atoms with E-state index in [0.717, 1.165) is 30.7 Å². The highest BCUT2D eigenvalue weighted by atomic mass is 19.3. The van der Waals surface area contributed by atoms with Crippen molar-refractivity contribution >= 4 is 18.5 Å². The summed E-state index contributed by atoms with van der Waals surface area (Å²) in [5.41, 5.74) is 2.65. The summed E-state index contributed by atoms with van der Waals surface area (Å²) in [6.07, 6.45) is 8.29. The van der Waals surface area contributed by atoms with Crippen LogP contribution in [0.2, 0.25) is 0 Å².